The molecule has 0 radical (unpaired) electrons. The van der Waals surface area contributed by atoms with Gasteiger partial charge in [-0.25, -0.2) is 0 Å². The average molecular weight is 364 g/mol. The molecule has 1 aromatic rings. The zero-order valence-corrected chi connectivity index (χ0v) is 16.4. The van der Waals surface area contributed by atoms with E-state index < -0.39 is 0 Å². The Morgan fingerprint density at radius 1 is 1.23 bits per heavy atom. The Morgan fingerprint density at radius 2 is 1.92 bits per heavy atom. The molecule has 146 valence electrons. The molecule has 1 amide bonds. The molecule has 26 heavy (non-hydrogen) atoms. The van der Waals surface area contributed by atoms with Gasteiger partial charge in [0.25, 0.3) is 0 Å². The third kappa shape index (κ3) is 7.87. The fraction of sp³-hybridized carbons (Fsp3) is 0.600. The number of unbranched alkanes of at least 4 members (excludes halogenated alkanes) is 1. The lowest BCUT2D eigenvalue weighted by Gasteiger charge is -2.24. The van der Waals surface area contributed by atoms with Crippen LogP contribution in [0.4, 0.5) is 0 Å². The summed E-state index contributed by atoms with van der Waals surface area (Å²) < 4.78 is 9.99. The van der Waals surface area contributed by atoms with E-state index in [-0.39, 0.29) is 17.8 Å². The number of carbonyl (C=O) groups excluding carboxylic acids is 2. The second kappa shape index (κ2) is 12.3. The number of ether oxygens (including phenoxy) is 1. The first kappa shape index (κ1) is 22.0. The second-order valence-electron chi connectivity index (χ2n) is 6.29. The van der Waals surface area contributed by atoms with Gasteiger partial charge in [-0.1, -0.05) is 20.8 Å². The third-order valence-corrected chi connectivity index (χ3v) is 4.39. The minimum Gasteiger partial charge on any atom is -0.469 e. The van der Waals surface area contributed by atoms with E-state index in [1.807, 2.05) is 0 Å². The molecule has 0 aromatic carbocycles. The molecule has 1 unspecified atom stereocenters. The summed E-state index contributed by atoms with van der Waals surface area (Å²) in [6, 6.07) is 3.56. The Hall–Kier alpha value is -2.08. The van der Waals surface area contributed by atoms with Gasteiger partial charge in [0, 0.05) is 19.2 Å². The van der Waals surface area contributed by atoms with Crippen LogP contribution in [0.2, 0.25) is 0 Å². The molecule has 0 aliphatic carbocycles. The van der Waals surface area contributed by atoms with E-state index in [1.165, 1.54) is 13.2 Å². The van der Waals surface area contributed by atoms with Crippen LogP contribution in [0.25, 0.3) is 6.08 Å². The topological polar surface area (TPSA) is 63.0 Å². The highest BCUT2D eigenvalue weighted by Crippen LogP contribution is 2.08. The van der Waals surface area contributed by atoms with Crippen molar-refractivity contribution in [1.29, 1.82) is 0 Å². The molecular formula is C20H32N2O4. The van der Waals surface area contributed by atoms with Crippen molar-refractivity contribution >= 4 is 18.0 Å². The van der Waals surface area contributed by atoms with E-state index in [9.17, 15) is 9.59 Å². The summed E-state index contributed by atoms with van der Waals surface area (Å²) >= 11 is 0. The van der Waals surface area contributed by atoms with Gasteiger partial charge in [-0.3, -0.25) is 9.59 Å². The van der Waals surface area contributed by atoms with Crippen molar-refractivity contribution in [3.63, 3.8) is 0 Å². The zero-order chi connectivity index (χ0) is 19.4. The van der Waals surface area contributed by atoms with E-state index in [2.05, 4.69) is 18.7 Å². The molecule has 1 heterocycles. The van der Waals surface area contributed by atoms with Crippen LogP contribution in [-0.4, -0.2) is 61.5 Å². The number of esters is 1. The number of hydrogen-bond acceptors (Lipinski definition) is 5. The molecule has 6 heteroatoms. The number of methoxy groups -OCH3 is 1. The minimum atomic E-state index is -0.358. The van der Waals surface area contributed by atoms with Gasteiger partial charge in [0.1, 0.15) is 5.76 Å². The Morgan fingerprint density at radius 3 is 2.50 bits per heavy atom. The van der Waals surface area contributed by atoms with Gasteiger partial charge >= 0.3 is 5.97 Å². The van der Waals surface area contributed by atoms with Gasteiger partial charge in [-0.15, -0.1) is 0 Å². The molecule has 0 aliphatic heterocycles. The van der Waals surface area contributed by atoms with Gasteiger partial charge in [-0.05, 0) is 50.7 Å². The molecular weight excluding hydrogens is 332 g/mol. The van der Waals surface area contributed by atoms with E-state index in [0.717, 1.165) is 32.5 Å². The predicted molar refractivity (Wildman–Crippen MR) is 103 cm³/mol. The first-order chi connectivity index (χ1) is 12.5. The quantitative estimate of drug-likeness (QED) is 0.324. The van der Waals surface area contributed by atoms with Crippen LogP contribution in [0.5, 0.6) is 0 Å². The van der Waals surface area contributed by atoms with Gasteiger partial charge in [0.15, 0.2) is 0 Å². The molecule has 1 aromatic heterocycles. The summed E-state index contributed by atoms with van der Waals surface area (Å²) in [5.74, 6) is -0.162. The van der Waals surface area contributed by atoms with Crippen molar-refractivity contribution in [3.05, 3.63) is 30.2 Å². The lowest BCUT2D eigenvalue weighted by Crippen LogP contribution is -2.37. The lowest BCUT2D eigenvalue weighted by atomic mass is 10.1. The van der Waals surface area contributed by atoms with Gasteiger partial charge in [0.2, 0.25) is 5.91 Å². The molecule has 0 bridgehead atoms. The Balaban J connectivity index is 2.62. The summed E-state index contributed by atoms with van der Waals surface area (Å²) in [5, 5.41) is 0. The van der Waals surface area contributed by atoms with Crippen LogP contribution in [0, 0.1) is 5.92 Å². The van der Waals surface area contributed by atoms with E-state index in [4.69, 9.17) is 9.15 Å². The summed E-state index contributed by atoms with van der Waals surface area (Å²) in [7, 11) is 1.37. The zero-order valence-electron chi connectivity index (χ0n) is 16.4. The molecule has 0 aliphatic rings. The van der Waals surface area contributed by atoms with Crippen molar-refractivity contribution in [2.24, 2.45) is 5.92 Å². The largest absolute Gasteiger partial charge is 0.469 e. The number of amides is 1. The highest BCUT2D eigenvalue weighted by atomic mass is 16.5. The summed E-state index contributed by atoms with van der Waals surface area (Å²) in [5.41, 5.74) is 0. The van der Waals surface area contributed by atoms with Crippen LogP contribution in [-0.2, 0) is 14.3 Å². The number of hydrogen-bond donors (Lipinski definition) is 0. The first-order valence-electron chi connectivity index (χ1n) is 9.32. The van der Waals surface area contributed by atoms with E-state index in [1.54, 1.807) is 36.3 Å². The highest BCUT2D eigenvalue weighted by molar-refractivity contribution is 5.91. The van der Waals surface area contributed by atoms with Crippen LogP contribution in [0.15, 0.2) is 28.9 Å². The monoisotopic (exact) mass is 364 g/mol. The smallest absolute Gasteiger partial charge is 0.310 e. The second-order valence-corrected chi connectivity index (χ2v) is 6.29. The van der Waals surface area contributed by atoms with Crippen molar-refractivity contribution in [1.82, 2.24) is 9.80 Å². The normalized spacial score (nSPS) is 12.5. The number of nitrogens with zero attached hydrogens (tertiary/aromatic N) is 2. The van der Waals surface area contributed by atoms with Crippen molar-refractivity contribution in [2.45, 2.75) is 33.6 Å². The standard InChI is InChI=1S/C20H32N2O4/c1-5-21(6-2)13-7-8-14-22(16-17(3)20(24)25-4)19(23)12-11-18-10-9-15-26-18/h9-12,15,17H,5-8,13-14,16H2,1-4H3/b12-11+. The average Bonchev–Trinajstić information content (AvgIpc) is 3.17. The molecule has 1 atom stereocenters. The Kier molecular flexibility index (Phi) is 10.4. The highest BCUT2D eigenvalue weighted by Gasteiger charge is 2.20. The summed E-state index contributed by atoms with van der Waals surface area (Å²) in [6.45, 7) is 10.1. The van der Waals surface area contributed by atoms with Crippen molar-refractivity contribution in [2.75, 3.05) is 39.8 Å². The molecule has 1 rings (SSSR count). The molecule has 0 saturated heterocycles. The van der Waals surface area contributed by atoms with Gasteiger partial charge in [-0.2, -0.15) is 0 Å². The van der Waals surface area contributed by atoms with Gasteiger partial charge < -0.3 is 19.0 Å². The van der Waals surface area contributed by atoms with Crippen LogP contribution >= 0.6 is 0 Å². The van der Waals surface area contributed by atoms with Crippen LogP contribution < -0.4 is 0 Å². The first-order valence-corrected chi connectivity index (χ1v) is 9.32. The van der Waals surface area contributed by atoms with Crippen molar-refractivity contribution in [3.8, 4) is 0 Å². The maximum absolute atomic E-state index is 12.6. The van der Waals surface area contributed by atoms with Crippen molar-refractivity contribution < 1.29 is 18.7 Å². The van der Waals surface area contributed by atoms with Crippen LogP contribution in [0.3, 0.4) is 0 Å². The maximum atomic E-state index is 12.6. The minimum absolute atomic E-state index is 0.125. The number of furan rings is 1. The number of carbonyl (C=O) groups is 2. The summed E-state index contributed by atoms with van der Waals surface area (Å²) in [4.78, 5) is 28.3. The molecule has 6 nitrogen and oxygen atoms in total. The van der Waals surface area contributed by atoms with Crippen LogP contribution in [0.1, 0.15) is 39.4 Å². The van der Waals surface area contributed by atoms with Gasteiger partial charge in [0.05, 0.1) is 19.3 Å². The molecule has 0 spiro atoms. The number of rotatable bonds is 12. The molecule has 0 saturated carbocycles. The fourth-order valence-corrected chi connectivity index (χ4v) is 2.72. The molecule has 0 N–H and O–H groups in total. The Bertz CT molecular complexity index is 550. The Labute approximate surface area is 156 Å². The SMILES string of the molecule is CCN(CC)CCCCN(CC(C)C(=O)OC)C(=O)/C=C/c1ccco1. The van der Waals surface area contributed by atoms with E-state index >= 15 is 0 Å². The molecule has 0 fully saturated rings. The van der Waals surface area contributed by atoms with E-state index in [0.29, 0.717) is 18.8 Å². The fourth-order valence-electron chi connectivity index (χ4n) is 2.72. The lowest BCUT2D eigenvalue weighted by molar-refractivity contribution is -0.146. The maximum Gasteiger partial charge on any atom is 0.310 e. The summed E-state index contributed by atoms with van der Waals surface area (Å²) in [6.07, 6.45) is 6.61. The predicted octanol–water partition coefficient (Wildman–Crippen LogP) is 3.05. The third-order valence-electron chi connectivity index (χ3n) is 4.39.